The summed E-state index contributed by atoms with van der Waals surface area (Å²) in [5, 5.41) is 3.06. The van der Waals surface area contributed by atoms with E-state index in [-0.39, 0.29) is 5.69 Å². The van der Waals surface area contributed by atoms with Crippen LogP contribution in [0.5, 0.6) is 0 Å². The number of amides is 1. The van der Waals surface area contributed by atoms with E-state index in [9.17, 15) is 18.0 Å². The highest BCUT2D eigenvalue weighted by Crippen LogP contribution is 2.30. The lowest BCUT2D eigenvalue weighted by molar-refractivity contribution is -0.137. The Labute approximate surface area is 139 Å². The SMILES string of the molecule is O=C(/C=C/c1nc2ccccc2s1)Nc1cccc(C(F)(F)F)c1. The van der Waals surface area contributed by atoms with Gasteiger partial charge >= 0.3 is 6.18 Å². The average Bonchev–Trinajstić information content (AvgIpc) is 2.95. The Balaban J connectivity index is 1.71. The number of halogens is 3. The standard InChI is InChI=1S/C17H11F3N2OS/c18-17(19,20)11-4-3-5-12(10-11)21-15(23)8-9-16-22-13-6-1-2-7-14(13)24-16/h1-10H,(H,21,23)/b9-8+. The van der Waals surface area contributed by atoms with Crippen molar-refractivity contribution in [2.24, 2.45) is 0 Å². The van der Waals surface area contributed by atoms with Crippen molar-refractivity contribution >= 4 is 39.2 Å². The highest BCUT2D eigenvalue weighted by atomic mass is 32.1. The quantitative estimate of drug-likeness (QED) is 0.679. The Bertz CT molecular complexity index is 882. The molecule has 3 aromatic rings. The van der Waals surface area contributed by atoms with E-state index in [1.165, 1.54) is 35.6 Å². The van der Waals surface area contributed by atoms with Crippen LogP contribution in [0, 0.1) is 0 Å². The van der Waals surface area contributed by atoms with Gasteiger partial charge < -0.3 is 5.32 Å². The molecule has 0 aliphatic heterocycles. The second-order valence-electron chi connectivity index (χ2n) is 4.92. The van der Waals surface area contributed by atoms with Crippen LogP contribution in [-0.4, -0.2) is 10.9 Å². The number of benzene rings is 2. The van der Waals surface area contributed by atoms with Gasteiger partial charge in [-0.1, -0.05) is 18.2 Å². The fourth-order valence-electron chi connectivity index (χ4n) is 2.07. The third-order valence-electron chi connectivity index (χ3n) is 3.15. The summed E-state index contributed by atoms with van der Waals surface area (Å²) in [6, 6.07) is 12.0. The van der Waals surface area contributed by atoms with Crippen molar-refractivity contribution < 1.29 is 18.0 Å². The van der Waals surface area contributed by atoms with Crippen molar-refractivity contribution in [2.45, 2.75) is 6.18 Å². The molecule has 0 bridgehead atoms. The molecule has 0 aliphatic carbocycles. The summed E-state index contributed by atoms with van der Waals surface area (Å²) in [5.74, 6) is -0.520. The van der Waals surface area contributed by atoms with Crippen molar-refractivity contribution in [3.05, 3.63) is 65.2 Å². The summed E-state index contributed by atoms with van der Waals surface area (Å²) in [4.78, 5) is 16.2. The molecule has 0 saturated carbocycles. The molecule has 0 saturated heterocycles. The average molecular weight is 348 g/mol. The van der Waals surface area contributed by atoms with Crippen LogP contribution in [0.2, 0.25) is 0 Å². The number of rotatable bonds is 3. The molecule has 1 N–H and O–H groups in total. The molecule has 3 nitrogen and oxygen atoms in total. The minimum Gasteiger partial charge on any atom is -0.322 e. The number of alkyl halides is 3. The maximum absolute atomic E-state index is 12.6. The van der Waals surface area contributed by atoms with Gasteiger partial charge in [0.25, 0.3) is 0 Å². The fourth-order valence-corrected chi connectivity index (χ4v) is 2.94. The normalized spacial score (nSPS) is 12.0. The molecule has 0 spiro atoms. The Morgan fingerprint density at radius 2 is 1.92 bits per heavy atom. The molecular formula is C17H11F3N2OS. The van der Waals surface area contributed by atoms with E-state index in [4.69, 9.17) is 0 Å². The molecular weight excluding hydrogens is 337 g/mol. The van der Waals surface area contributed by atoms with Crippen LogP contribution >= 0.6 is 11.3 Å². The largest absolute Gasteiger partial charge is 0.416 e. The van der Waals surface area contributed by atoms with Gasteiger partial charge in [-0.3, -0.25) is 4.79 Å². The van der Waals surface area contributed by atoms with Gasteiger partial charge in [-0.25, -0.2) is 4.98 Å². The van der Waals surface area contributed by atoms with Gasteiger partial charge in [0.2, 0.25) is 5.91 Å². The first-order chi connectivity index (χ1) is 11.4. The van der Waals surface area contributed by atoms with Crippen molar-refractivity contribution in [2.75, 3.05) is 5.32 Å². The van der Waals surface area contributed by atoms with Gasteiger partial charge in [-0.2, -0.15) is 13.2 Å². The van der Waals surface area contributed by atoms with Crippen molar-refractivity contribution in [1.29, 1.82) is 0 Å². The number of carbonyl (C=O) groups is 1. The number of aromatic nitrogens is 1. The van der Waals surface area contributed by atoms with E-state index >= 15 is 0 Å². The van der Waals surface area contributed by atoms with Crippen LogP contribution < -0.4 is 5.32 Å². The maximum Gasteiger partial charge on any atom is 0.416 e. The third-order valence-corrected chi connectivity index (χ3v) is 4.15. The number of carbonyl (C=O) groups excluding carboxylic acids is 1. The third kappa shape index (κ3) is 3.80. The summed E-state index contributed by atoms with van der Waals surface area (Å²) in [6.07, 6.45) is -1.66. The van der Waals surface area contributed by atoms with Crippen LogP contribution in [0.4, 0.5) is 18.9 Å². The molecule has 3 rings (SSSR count). The molecule has 0 fully saturated rings. The van der Waals surface area contributed by atoms with Crippen LogP contribution in [0.25, 0.3) is 16.3 Å². The topological polar surface area (TPSA) is 42.0 Å². The van der Waals surface area contributed by atoms with Gasteiger partial charge in [-0.15, -0.1) is 11.3 Å². The Hall–Kier alpha value is -2.67. The summed E-state index contributed by atoms with van der Waals surface area (Å²) in [7, 11) is 0. The second-order valence-corrected chi connectivity index (χ2v) is 5.98. The molecule has 1 heterocycles. The molecule has 0 atom stereocenters. The van der Waals surface area contributed by atoms with Crippen molar-refractivity contribution in [3.8, 4) is 0 Å². The molecule has 1 amide bonds. The number of anilines is 1. The second kappa shape index (κ2) is 6.45. The molecule has 2 aromatic carbocycles. The van der Waals surface area contributed by atoms with E-state index < -0.39 is 17.6 Å². The van der Waals surface area contributed by atoms with E-state index in [0.717, 1.165) is 22.3 Å². The first-order valence-electron chi connectivity index (χ1n) is 6.94. The number of hydrogen-bond acceptors (Lipinski definition) is 3. The molecule has 0 radical (unpaired) electrons. The Morgan fingerprint density at radius 3 is 2.67 bits per heavy atom. The number of thiazole rings is 1. The number of hydrogen-bond donors (Lipinski definition) is 1. The van der Waals surface area contributed by atoms with Gasteiger partial charge in [-0.05, 0) is 36.4 Å². The minimum absolute atomic E-state index is 0.0868. The summed E-state index contributed by atoms with van der Waals surface area (Å²) in [5.41, 5.74) is 0.111. The highest BCUT2D eigenvalue weighted by Gasteiger charge is 2.30. The smallest absolute Gasteiger partial charge is 0.322 e. The van der Waals surface area contributed by atoms with Gasteiger partial charge in [0.15, 0.2) is 0 Å². The van der Waals surface area contributed by atoms with Gasteiger partial charge in [0.1, 0.15) is 5.01 Å². The zero-order chi connectivity index (χ0) is 17.2. The van der Waals surface area contributed by atoms with Crippen LogP contribution in [0.1, 0.15) is 10.6 Å². The van der Waals surface area contributed by atoms with Crippen LogP contribution in [0.3, 0.4) is 0 Å². The molecule has 0 unspecified atom stereocenters. The molecule has 24 heavy (non-hydrogen) atoms. The lowest BCUT2D eigenvalue weighted by Crippen LogP contribution is -2.10. The molecule has 122 valence electrons. The molecule has 7 heteroatoms. The maximum atomic E-state index is 12.6. The number of para-hydroxylation sites is 1. The monoisotopic (exact) mass is 348 g/mol. The fraction of sp³-hybridized carbons (Fsp3) is 0.0588. The van der Waals surface area contributed by atoms with E-state index in [1.807, 2.05) is 24.3 Å². The minimum atomic E-state index is -4.45. The van der Waals surface area contributed by atoms with Gasteiger partial charge in [0.05, 0.1) is 15.8 Å². The first-order valence-corrected chi connectivity index (χ1v) is 7.75. The zero-order valence-corrected chi connectivity index (χ0v) is 13.0. The van der Waals surface area contributed by atoms with Crippen molar-refractivity contribution in [3.63, 3.8) is 0 Å². The van der Waals surface area contributed by atoms with E-state index in [2.05, 4.69) is 10.3 Å². The lowest BCUT2D eigenvalue weighted by Gasteiger charge is -2.08. The van der Waals surface area contributed by atoms with E-state index in [1.54, 1.807) is 0 Å². The number of nitrogens with zero attached hydrogens (tertiary/aromatic N) is 1. The summed E-state index contributed by atoms with van der Waals surface area (Å²) >= 11 is 1.42. The lowest BCUT2D eigenvalue weighted by atomic mass is 10.2. The number of nitrogens with one attached hydrogen (secondary N) is 1. The van der Waals surface area contributed by atoms with Gasteiger partial charge in [0, 0.05) is 11.8 Å². The highest BCUT2D eigenvalue weighted by molar-refractivity contribution is 7.19. The Kier molecular flexibility index (Phi) is 4.35. The molecule has 1 aromatic heterocycles. The summed E-state index contributed by atoms with van der Waals surface area (Å²) < 4.78 is 38.9. The molecule has 0 aliphatic rings. The summed E-state index contributed by atoms with van der Waals surface area (Å²) in [6.45, 7) is 0. The van der Waals surface area contributed by atoms with Crippen LogP contribution in [0.15, 0.2) is 54.6 Å². The predicted octanol–water partition coefficient (Wildman–Crippen LogP) is 4.97. The van der Waals surface area contributed by atoms with E-state index in [0.29, 0.717) is 5.01 Å². The predicted molar refractivity (Wildman–Crippen MR) is 88.7 cm³/mol. The van der Waals surface area contributed by atoms with Crippen LogP contribution in [-0.2, 0) is 11.0 Å². The first kappa shape index (κ1) is 16.2. The number of fused-ring (bicyclic) bond motifs is 1. The Morgan fingerprint density at radius 1 is 1.12 bits per heavy atom. The zero-order valence-electron chi connectivity index (χ0n) is 12.2. The van der Waals surface area contributed by atoms with Crippen molar-refractivity contribution in [1.82, 2.24) is 4.98 Å².